The second-order valence-electron chi connectivity index (χ2n) is 6.30. The van der Waals surface area contributed by atoms with E-state index in [1.165, 1.54) is 25.3 Å². The Balaban J connectivity index is 2.29. The zero-order chi connectivity index (χ0) is 12.9. The molecule has 1 atom stereocenters. The largest absolute Gasteiger partial charge is 0.315 e. The predicted molar refractivity (Wildman–Crippen MR) is 79.9 cm³/mol. The molecule has 0 spiro atoms. The fourth-order valence-electron chi connectivity index (χ4n) is 2.19. The van der Waals surface area contributed by atoms with Gasteiger partial charge in [0.05, 0.1) is 0 Å². The Hall–Kier alpha value is 0.270. The lowest BCUT2D eigenvalue weighted by molar-refractivity contribution is 0.212. The highest BCUT2D eigenvalue weighted by Gasteiger charge is 2.25. The minimum Gasteiger partial charge on any atom is -0.315 e. The van der Waals surface area contributed by atoms with Crippen molar-refractivity contribution in [1.29, 1.82) is 0 Å². The fraction of sp³-hybridized carbons (Fsp3) is 1.00. The van der Waals surface area contributed by atoms with Crippen LogP contribution in [0, 0.1) is 5.92 Å². The van der Waals surface area contributed by atoms with Crippen LogP contribution in [0.4, 0.5) is 0 Å². The van der Waals surface area contributed by atoms with Gasteiger partial charge >= 0.3 is 0 Å². The van der Waals surface area contributed by atoms with Crippen LogP contribution in [0.3, 0.4) is 0 Å². The minimum absolute atomic E-state index is 0.472. The van der Waals surface area contributed by atoms with E-state index in [1.807, 2.05) is 0 Å². The number of rotatable bonds is 5. The van der Waals surface area contributed by atoms with Crippen LogP contribution < -0.4 is 5.32 Å². The molecule has 1 N–H and O–H groups in total. The summed E-state index contributed by atoms with van der Waals surface area (Å²) < 4.78 is 0.472. The molecule has 1 heterocycles. The first-order chi connectivity index (χ1) is 7.91. The number of nitrogens with zero attached hydrogens (tertiary/aromatic N) is 1. The molecule has 102 valence electrons. The third-order valence-electron chi connectivity index (χ3n) is 3.49. The van der Waals surface area contributed by atoms with Crippen molar-refractivity contribution in [1.82, 2.24) is 10.2 Å². The molecule has 1 fully saturated rings. The molecular formula is C14H30N2S. The number of thioether (sulfide) groups is 1. The fourth-order valence-corrected chi connectivity index (χ4v) is 3.30. The number of hydrogen-bond donors (Lipinski definition) is 1. The Labute approximate surface area is 112 Å². The maximum atomic E-state index is 3.57. The number of hydrogen-bond acceptors (Lipinski definition) is 3. The molecule has 0 bridgehead atoms. The summed E-state index contributed by atoms with van der Waals surface area (Å²) in [6.45, 7) is 16.4. The lowest BCUT2D eigenvalue weighted by Gasteiger charge is -2.28. The van der Waals surface area contributed by atoms with Gasteiger partial charge in [-0.25, -0.2) is 0 Å². The summed E-state index contributed by atoms with van der Waals surface area (Å²) in [7, 11) is 0. The molecule has 0 radical (unpaired) electrons. The van der Waals surface area contributed by atoms with Gasteiger partial charge < -0.3 is 5.32 Å². The second-order valence-corrected chi connectivity index (χ2v) is 8.10. The SMILES string of the molecule is CC(C)CNCC(C)N1CCSC(C)(C)CC1. The van der Waals surface area contributed by atoms with Crippen molar-refractivity contribution in [3.8, 4) is 0 Å². The molecule has 0 aromatic carbocycles. The van der Waals surface area contributed by atoms with Crippen LogP contribution in [0.1, 0.15) is 41.0 Å². The first-order valence-corrected chi connectivity index (χ1v) is 7.98. The van der Waals surface area contributed by atoms with Crippen LogP contribution in [-0.2, 0) is 0 Å². The Morgan fingerprint density at radius 2 is 1.88 bits per heavy atom. The molecule has 0 amide bonds. The van der Waals surface area contributed by atoms with E-state index in [0.29, 0.717) is 10.8 Å². The van der Waals surface area contributed by atoms with Gasteiger partial charge in [-0.2, -0.15) is 11.8 Å². The molecule has 0 aromatic heterocycles. The van der Waals surface area contributed by atoms with Gasteiger partial charge in [0.2, 0.25) is 0 Å². The van der Waals surface area contributed by atoms with Gasteiger partial charge in [-0.05, 0) is 32.4 Å². The first kappa shape index (κ1) is 15.3. The summed E-state index contributed by atoms with van der Waals surface area (Å²) >= 11 is 2.13. The van der Waals surface area contributed by atoms with Crippen molar-refractivity contribution in [2.24, 2.45) is 5.92 Å². The van der Waals surface area contributed by atoms with E-state index in [9.17, 15) is 0 Å². The molecule has 3 heteroatoms. The van der Waals surface area contributed by atoms with Gasteiger partial charge in [0, 0.05) is 29.6 Å². The van der Waals surface area contributed by atoms with Crippen molar-refractivity contribution in [2.45, 2.75) is 51.8 Å². The van der Waals surface area contributed by atoms with Crippen LogP contribution in [-0.4, -0.2) is 47.6 Å². The molecule has 0 aromatic rings. The summed E-state index contributed by atoms with van der Waals surface area (Å²) in [5.74, 6) is 2.03. The molecule has 0 saturated carbocycles. The highest BCUT2D eigenvalue weighted by Crippen LogP contribution is 2.31. The number of nitrogens with one attached hydrogen (secondary N) is 1. The predicted octanol–water partition coefficient (Wildman–Crippen LogP) is 2.84. The van der Waals surface area contributed by atoms with Gasteiger partial charge in [-0.15, -0.1) is 0 Å². The quantitative estimate of drug-likeness (QED) is 0.816. The van der Waals surface area contributed by atoms with E-state index < -0.39 is 0 Å². The summed E-state index contributed by atoms with van der Waals surface area (Å²) in [6, 6.07) is 0.670. The third kappa shape index (κ3) is 6.12. The van der Waals surface area contributed by atoms with Crippen molar-refractivity contribution in [3.05, 3.63) is 0 Å². The maximum absolute atomic E-state index is 3.57. The van der Waals surface area contributed by atoms with E-state index in [0.717, 1.165) is 19.0 Å². The lowest BCUT2D eigenvalue weighted by atomic mass is 10.1. The summed E-state index contributed by atoms with van der Waals surface area (Å²) in [4.78, 5) is 2.65. The van der Waals surface area contributed by atoms with E-state index >= 15 is 0 Å². The third-order valence-corrected chi connectivity index (χ3v) is 4.86. The van der Waals surface area contributed by atoms with Gasteiger partial charge in [0.1, 0.15) is 0 Å². The van der Waals surface area contributed by atoms with Crippen molar-refractivity contribution in [3.63, 3.8) is 0 Å². The molecule has 1 unspecified atom stereocenters. The standard InChI is InChI=1S/C14H30N2S/c1-12(2)10-15-11-13(3)16-7-6-14(4,5)17-9-8-16/h12-13,15H,6-11H2,1-5H3. The highest BCUT2D eigenvalue weighted by molar-refractivity contribution is 8.00. The molecule has 0 aliphatic carbocycles. The van der Waals surface area contributed by atoms with E-state index in [2.05, 4.69) is 56.6 Å². The summed E-state index contributed by atoms with van der Waals surface area (Å²) in [5, 5.41) is 3.57. The minimum atomic E-state index is 0.472. The first-order valence-electron chi connectivity index (χ1n) is 6.99. The zero-order valence-corrected chi connectivity index (χ0v) is 13.1. The molecule has 1 aliphatic rings. The average molecular weight is 258 g/mol. The second kappa shape index (κ2) is 7.01. The van der Waals surface area contributed by atoms with Crippen LogP contribution in [0.15, 0.2) is 0 Å². The Bertz CT molecular complexity index is 216. The molecule has 1 rings (SSSR count). The monoisotopic (exact) mass is 258 g/mol. The Kier molecular flexibility index (Phi) is 6.32. The van der Waals surface area contributed by atoms with Crippen molar-refractivity contribution >= 4 is 11.8 Å². The topological polar surface area (TPSA) is 15.3 Å². The molecular weight excluding hydrogens is 228 g/mol. The van der Waals surface area contributed by atoms with Gasteiger partial charge in [-0.1, -0.05) is 27.7 Å². The summed E-state index contributed by atoms with van der Waals surface area (Å²) in [6.07, 6.45) is 1.31. The lowest BCUT2D eigenvalue weighted by Crippen LogP contribution is -2.42. The van der Waals surface area contributed by atoms with Gasteiger partial charge in [-0.3, -0.25) is 4.90 Å². The highest BCUT2D eigenvalue weighted by atomic mass is 32.2. The van der Waals surface area contributed by atoms with E-state index in [-0.39, 0.29) is 0 Å². The smallest absolute Gasteiger partial charge is 0.0192 e. The van der Waals surface area contributed by atoms with Crippen molar-refractivity contribution in [2.75, 3.05) is 31.9 Å². The van der Waals surface area contributed by atoms with Crippen LogP contribution in [0.25, 0.3) is 0 Å². The summed E-state index contributed by atoms with van der Waals surface area (Å²) in [5.41, 5.74) is 0. The Morgan fingerprint density at radius 3 is 2.53 bits per heavy atom. The maximum Gasteiger partial charge on any atom is 0.0192 e. The zero-order valence-electron chi connectivity index (χ0n) is 12.3. The average Bonchev–Trinajstić information content (AvgIpc) is 2.38. The molecule has 1 aliphatic heterocycles. The molecule has 1 saturated heterocycles. The normalized spacial score (nSPS) is 23.6. The van der Waals surface area contributed by atoms with E-state index in [1.54, 1.807) is 0 Å². The van der Waals surface area contributed by atoms with Crippen molar-refractivity contribution < 1.29 is 0 Å². The van der Waals surface area contributed by atoms with Crippen LogP contribution in [0.2, 0.25) is 0 Å². The van der Waals surface area contributed by atoms with E-state index in [4.69, 9.17) is 0 Å². The van der Waals surface area contributed by atoms with Gasteiger partial charge in [0.25, 0.3) is 0 Å². The Morgan fingerprint density at radius 1 is 1.18 bits per heavy atom. The van der Waals surface area contributed by atoms with Crippen LogP contribution >= 0.6 is 11.8 Å². The van der Waals surface area contributed by atoms with Crippen LogP contribution in [0.5, 0.6) is 0 Å². The van der Waals surface area contributed by atoms with Gasteiger partial charge in [0.15, 0.2) is 0 Å². The molecule has 17 heavy (non-hydrogen) atoms. The molecule has 2 nitrogen and oxygen atoms in total.